The van der Waals surface area contributed by atoms with E-state index in [1.165, 1.54) is 11.3 Å². The summed E-state index contributed by atoms with van der Waals surface area (Å²) < 4.78 is 7.56. The molecule has 2 aromatic heterocycles. The minimum Gasteiger partial charge on any atom is -0.481 e. The van der Waals surface area contributed by atoms with Crippen molar-refractivity contribution >= 4 is 68.9 Å². The monoisotopic (exact) mass is 670 g/mol. The Morgan fingerprint density at radius 3 is 2.71 bits per heavy atom. The quantitative estimate of drug-likeness (QED) is 0.203. The first-order valence-electron chi connectivity index (χ1n) is 14.8. The Balaban J connectivity index is 1.25. The summed E-state index contributed by atoms with van der Waals surface area (Å²) in [5.74, 6) is -1.19. The number of carbonyl (C=O) groups is 3. The number of hydrogen-bond acceptors (Lipinski definition) is 7. The van der Waals surface area contributed by atoms with Crippen LogP contribution >= 0.6 is 34.5 Å². The Bertz CT molecular complexity index is 1780. The van der Waals surface area contributed by atoms with Crippen molar-refractivity contribution in [1.29, 1.82) is 0 Å². The van der Waals surface area contributed by atoms with Gasteiger partial charge in [-0.2, -0.15) is 4.59 Å². The molecule has 13 heteroatoms. The summed E-state index contributed by atoms with van der Waals surface area (Å²) in [4.78, 5) is 44.4. The fraction of sp³-hybridized carbons (Fsp3) is 0.375. The van der Waals surface area contributed by atoms with E-state index < -0.39 is 5.97 Å². The van der Waals surface area contributed by atoms with Crippen LogP contribution in [0, 0.1) is 0 Å². The number of aliphatic carboxylic acids is 1. The smallest absolute Gasteiger partial charge is 0.337 e. The minimum absolute atomic E-state index is 0.0279. The highest BCUT2D eigenvalue weighted by atomic mass is 35.5. The Labute approximate surface area is 274 Å². The summed E-state index contributed by atoms with van der Waals surface area (Å²) >= 11 is 14.9. The lowest BCUT2D eigenvalue weighted by molar-refractivity contribution is -0.993. The number of methoxy groups -OCH3 is 1. The molecule has 236 valence electrons. The van der Waals surface area contributed by atoms with Gasteiger partial charge in [0.1, 0.15) is 6.54 Å². The first-order valence-corrected chi connectivity index (χ1v) is 16.4. The van der Waals surface area contributed by atoms with Gasteiger partial charge in [-0.05, 0) is 30.2 Å². The SMILES string of the molecule is COC1CN([N+]2(C(=O)Cc3cc(Cl)c(NC(=O)c4cn(C)c5ccccc45)cc3Cl)CCC[C@H]2c2ncc(CCC(=O)O)s2)C1. The number of halogens is 2. The molecule has 0 saturated carbocycles. The van der Waals surface area contributed by atoms with Gasteiger partial charge in [-0.25, -0.2) is 9.78 Å². The molecule has 4 heterocycles. The van der Waals surface area contributed by atoms with Crippen molar-refractivity contribution in [3.63, 3.8) is 0 Å². The lowest BCUT2D eigenvalue weighted by Gasteiger charge is -2.50. The maximum atomic E-state index is 14.4. The number of carboxylic acid groups (broad SMARTS) is 1. The van der Waals surface area contributed by atoms with Crippen LogP contribution < -0.4 is 5.32 Å². The summed E-state index contributed by atoms with van der Waals surface area (Å²) in [6.07, 6.45) is 5.64. The number of amides is 2. The average Bonchev–Trinajstić information content (AvgIpc) is 3.72. The molecule has 2 atom stereocenters. The van der Waals surface area contributed by atoms with Crippen LogP contribution in [0.2, 0.25) is 10.0 Å². The fourth-order valence-electron chi connectivity index (χ4n) is 6.51. The van der Waals surface area contributed by atoms with E-state index in [0.29, 0.717) is 47.9 Å². The number of quaternary nitrogens is 1. The molecule has 2 aliphatic rings. The molecule has 0 spiro atoms. The number of ether oxygens (including phenoxy) is 1. The van der Waals surface area contributed by atoms with Gasteiger partial charge < -0.3 is 19.7 Å². The number of para-hydroxylation sites is 1. The number of thiazole rings is 1. The van der Waals surface area contributed by atoms with Crippen LogP contribution in [0.3, 0.4) is 0 Å². The number of anilines is 1. The predicted octanol–water partition coefficient (Wildman–Crippen LogP) is 5.88. The lowest BCUT2D eigenvalue weighted by atomic mass is 10.1. The van der Waals surface area contributed by atoms with E-state index in [0.717, 1.165) is 33.6 Å². The van der Waals surface area contributed by atoms with E-state index in [2.05, 4.69) is 15.3 Å². The van der Waals surface area contributed by atoms with Gasteiger partial charge in [0.15, 0.2) is 11.0 Å². The molecule has 6 rings (SSSR count). The highest BCUT2D eigenvalue weighted by Crippen LogP contribution is 2.45. The molecule has 0 bridgehead atoms. The van der Waals surface area contributed by atoms with Crippen LogP contribution in [0.15, 0.2) is 48.8 Å². The third kappa shape index (κ3) is 6.00. The van der Waals surface area contributed by atoms with Crippen molar-refractivity contribution in [1.82, 2.24) is 14.6 Å². The zero-order chi connectivity index (χ0) is 31.9. The van der Waals surface area contributed by atoms with Crippen molar-refractivity contribution < 1.29 is 28.8 Å². The molecule has 4 aromatic rings. The van der Waals surface area contributed by atoms with Crippen molar-refractivity contribution in [2.75, 3.05) is 32.1 Å². The third-order valence-corrected chi connectivity index (χ3v) is 10.7. The molecular formula is C32H34Cl2N5O5S+. The highest BCUT2D eigenvalue weighted by Gasteiger charge is 2.58. The molecule has 2 N–H and O–H groups in total. The summed E-state index contributed by atoms with van der Waals surface area (Å²) in [5, 5.41) is 16.4. The maximum Gasteiger partial charge on any atom is 0.337 e. The Hall–Kier alpha value is -3.32. The van der Waals surface area contributed by atoms with Gasteiger partial charge in [-0.3, -0.25) is 9.59 Å². The van der Waals surface area contributed by atoms with E-state index in [1.807, 2.05) is 35.9 Å². The van der Waals surface area contributed by atoms with Crippen LogP contribution in [0.5, 0.6) is 0 Å². The van der Waals surface area contributed by atoms with Gasteiger partial charge in [0.25, 0.3) is 5.91 Å². The molecule has 2 aromatic carbocycles. The topological polar surface area (TPSA) is 114 Å². The minimum atomic E-state index is -0.855. The second-order valence-corrected chi connectivity index (χ2v) is 13.6. The molecule has 10 nitrogen and oxygen atoms in total. The van der Waals surface area contributed by atoms with E-state index in [4.69, 9.17) is 33.0 Å². The maximum absolute atomic E-state index is 14.4. The van der Waals surface area contributed by atoms with Crippen molar-refractivity contribution in [3.8, 4) is 0 Å². The van der Waals surface area contributed by atoms with Crippen molar-refractivity contribution in [2.24, 2.45) is 7.05 Å². The summed E-state index contributed by atoms with van der Waals surface area (Å²) in [5.41, 5.74) is 2.39. The van der Waals surface area contributed by atoms with Crippen LogP contribution in [-0.2, 0) is 34.2 Å². The number of aromatic nitrogens is 2. The number of aryl methyl sites for hydroxylation is 2. The zero-order valence-electron chi connectivity index (χ0n) is 25.0. The Morgan fingerprint density at radius 2 is 1.96 bits per heavy atom. The Morgan fingerprint density at radius 1 is 1.18 bits per heavy atom. The van der Waals surface area contributed by atoms with E-state index in [-0.39, 0.29) is 46.4 Å². The second-order valence-electron chi connectivity index (χ2n) is 11.6. The normalized spacial score (nSPS) is 20.4. The number of carboxylic acids is 1. The van der Waals surface area contributed by atoms with Crippen molar-refractivity contribution in [2.45, 2.75) is 44.2 Å². The van der Waals surface area contributed by atoms with Crippen LogP contribution in [0.1, 0.15) is 51.1 Å². The first kappa shape index (κ1) is 31.7. The molecule has 0 aliphatic carbocycles. The van der Waals surface area contributed by atoms with Crippen LogP contribution in [0.25, 0.3) is 10.9 Å². The fourth-order valence-corrected chi connectivity index (χ4v) is 8.08. The number of hydrogen-bond donors (Lipinski definition) is 2. The summed E-state index contributed by atoms with van der Waals surface area (Å²) in [7, 11) is 3.56. The molecule has 2 aliphatic heterocycles. The number of rotatable bonds is 10. The number of carbonyl (C=O) groups excluding carboxylic acids is 2. The second kappa shape index (κ2) is 12.8. The Kier molecular flexibility index (Phi) is 9.02. The number of likely N-dealkylation sites (tertiary alicyclic amines) is 1. The number of nitrogens with zero attached hydrogens (tertiary/aromatic N) is 4. The average molecular weight is 672 g/mol. The number of nitrogens with one attached hydrogen (secondary N) is 1. The highest BCUT2D eigenvalue weighted by molar-refractivity contribution is 7.11. The first-order chi connectivity index (χ1) is 21.6. The van der Waals surface area contributed by atoms with E-state index >= 15 is 0 Å². The van der Waals surface area contributed by atoms with E-state index in [1.54, 1.807) is 31.6 Å². The van der Waals surface area contributed by atoms with Gasteiger partial charge >= 0.3 is 11.9 Å². The molecular weight excluding hydrogens is 637 g/mol. The molecule has 2 fully saturated rings. The predicted molar refractivity (Wildman–Crippen MR) is 174 cm³/mol. The van der Waals surface area contributed by atoms with Crippen LogP contribution in [0.4, 0.5) is 5.69 Å². The number of fused-ring (bicyclic) bond motifs is 1. The van der Waals surface area contributed by atoms with Gasteiger partial charge in [0, 0.05) is 60.2 Å². The van der Waals surface area contributed by atoms with Gasteiger partial charge in [0.05, 0.1) is 48.3 Å². The largest absolute Gasteiger partial charge is 0.481 e. The third-order valence-electron chi connectivity index (χ3n) is 8.90. The van der Waals surface area contributed by atoms with Crippen molar-refractivity contribution in [3.05, 3.63) is 79.8 Å². The van der Waals surface area contributed by atoms with E-state index in [9.17, 15) is 14.4 Å². The molecule has 2 saturated heterocycles. The zero-order valence-corrected chi connectivity index (χ0v) is 27.3. The molecule has 1 unspecified atom stereocenters. The number of benzene rings is 2. The van der Waals surface area contributed by atoms with Crippen LogP contribution in [-0.4, -0.2) is 74.9 Å². The molecule has 2 amide bonds. The molecule has 0 radical (unpaired) electrons. The van der Waals surface area contributed by atoms with Gasteiger partial charge in [0.2, 0.25) is 0 Å². The lowest BCUT2D eigenvalue weighted by Crippen LogP contribution is -2.71. The van der Waals surface area contributed by atoms with Gasteiger partial charge in [-0.1, -0.05) is 41.4 Å². The summed E-state index contributed by atoms with van der Waals surface area (Å²) in [6, 6.07) is 10.7. The standard InChI is InChI=1S/C32H33Cl2N5O5S/c1-37-18-23(22-6-3-4-7-27(22)37)31(43)36-26-14-24(33)19(12-25(26)34)13-29(40)39(38-16-20(17-38)44-2)11-5-8-28(39)32-35-15-21(45-32)9-10-30(41)42/h3-4,6-7,12,14-15,18,20,28H,5,8-11,13,16-17H2,1-2H3,(H-,36,41,42,43)/p+1/t28-,39?/m0/s1. The molecule has 45 heavy (non-hydrogen) atoms. The summed E-state index contributed by atoms with van der Waals surface area (Å²) in [6.45, 7) is 1.85. The van der Waals surface area contributed by atoms with Gasteiger partial charge in [-0.15, -0.1) is 16.3 Å².